The number of aromatic nitrogens is 2. The summed E-state index contributed by atoms with van der Waals surface area (Å²) in [7, 11) is 0. The van der Waals surface area contributed by atoms with E-state index < -0.39 is 11.0 Å². The number of ether oxygens (including phenoxy) is 2. The Morgan fingerprint density at radius 1 is 0.587 bits per heavy atom. The van der Waals surface area contributed by atoms with Crippen molar-refractivity contribution in [1.82, 2.24) is 9.97 Å². The molecule has 2 aromatic heterocycles. The van der Waals surface area contributed by atoms with Crippen molar-refractivity contribution >= 4 is 11.6 Å². The molecule has 3 N–H and O–H groups in total. The van der Waals surface area contributed by atoms with Gasteiger partial charge in [-0.25, -0.2) is 0 Å². The van der Waals surface area contributed by atoms with E-state index >= 15 is 0 Å². The quantitative estimate of drug-likeness (QED) is 0.160. The Morgan fingerprint density at radius 3 is 1.48 bits per heavy atom. The van der Waals surface area contributed by atoms with Crippen LogP contribution in [0.3, 0.4) is 0 Å². The fourth-order valence-corrected chi connectivity index (χ4v) is 4.55. The summed E-state index contributed by atoms with van der Waals surface area (Å²) in [5, 5.41) is 28.2. The largest absolute Gasteiger partial charge is 0.506 e. The molecule has 9 nitrogen and oxygen atoms in total. The van der Waals surface area contributed by atoms with E-state index in [4.69, 9.17) is 31.6 Å². The average molecular weight is 627 g/mol. The number of H-pyrrole nitrogens is 2. The minimum Gasteiger partial charge on any atom is -0.506 e. The van der Waals surface area contributed by atoms with E-state index in [2.05, 4.69) is 9.97 Å². The molecule has 0 amide bonds. The molecule has 0 saturated carbocycles. The Balaban J connectivity index is 0.000000181. The first-order chi connectivity index (χ1) is 22.3. The van der Waals surface area contributed by atoms with Gasteiger partial charge in [-0.1, -0.05) is 48.0 Å². The number of nitrogens with one attached hydrogen (secondary N) is 2. The molecule has 0 unspecified atom stereocenters. The molecule has 0 bridgehead atoms. The molecule has 0 spiro atoms. The van der Waals surface area contributed by atoms with E-state index in [9.17, 15) is 14.7 Å². The fraction of sp³-hybridized carbons (Fsp3) is 0. The molecule has 0 aliphatic carbocycles. The van der Waals surface area contributed by atoms with Gasteiger partial charge in [0.1, 0.15) is 57.2 Å². The maximum Gasteiger partial charge on any atom is 0.252 e. The number of pyridine rings is 2. The number of benzene rings is 4. The zero-order valence-corrected chi connectivity index (χ0v) is 24.7. The Labute approximate surface area is 267 Å². The normalized spacial score (nSPS) is 10.1. The summed E-state index contributed by atoms with van der Waals surface area (Å²) in [5.74, 6) is 2.39. The number of nitriles is 2. The van der Waals surface area contributed by atoms with Crippen molar-refractivity contribution in [1.29, 1.82) is 10.5 Å². The summed E-state index contributed by atoms with van der Waals surface area (Å²) in [4.78, 5) is 28.8. The molecule has 0 aliphatic heterocycles. The Morgan fingerprint density at radius 2 is 1.02 bits per heavy atom. The van der Waals surface area contributed by atoms with Gasteiger partial charge in [-0.15, -0.1) is 0 Å². The topological polar surface area (TPSA) is 152 Å². The third kappa shape index (κ3) is 7.50. The summed E-state index contributed by atoms with van der Waals surface area (Å²) in [6.07, 6.45) is 0. The van der Waals surface area contributed by atoms with Gasteiger partial charge in [-0.3, -0.25) is 9.59 Å². The maximum absolute atomic E-state index is 11.8. The number of aromatic hydroxyl groups is 1. The highest BCUT2D eigenvalue weighted by molar-refractivity contribution is 6.29. The van der Waals surface area contributed by atoms with Crippen LogP contribution in [0.25, 0.3) is 22.5 Å². The SMILES string of the molecule is N#Cc1c(-c2ccc(Oc3ccccc3)cc2)[nH]c(Cl)cc1=O.N#Cc1c(O)cc(=O)[nH]c1-c1ccc(Oc2ccccc2)cc1. The molecule has 224 valence electrons. The van der Waals surface area contributed by atoms with E-state index in [1.165, 1.54) is 6.07 Å². The van der Waals surface area contributed by atoms with E-state index in [1.54, 1.807) is 48.5 Å². The second-order valence-electron chi connectivity index (χ2n) is 9.60. The van der Waals surface area contributed by atoms with Gasteiger partial charge in [0.2, 0.25) is 5.43 Å². The number of halogens is 1. The van der Waals surface area contributed by atoms with Crippen molar-refractivity contribution in [3.63, 3.8) is 0 Å². The second-order valence-corrected chi connectivity index (χ2v) is 10.0. The molecule has 4 aromatic carbocycles. The smallest absolute Gasteiger partial charge is 0.252 e. The first-order valence-electron chi connectivity index (χ1n) is 13.7. The van der Waals surface area contributed by atoms with Crippen LogP contribution in [0, 0.1) is 22.7 Å². The molecule has 6 aromatic rings. The van der Waals surface area contributed by atoms with E-state index in [0.717, 1.165) is 11.8 Å². The van der Waals surface area contributed by atoms with Gasteiger partial charge in [0.05, 0.1) is 11.4 Å². The van der Waals surface area contributed by atoms with Crippen LogP contribution in [0.2, 0.25) is 5.15 Å². The minimum atomic E-state index is -0.471. The highest BCUT2D eigenvalue weighted by Crippen LogP contribution is 2.29. The molecular weight excluding hydrogens is 604 g/mol. The minimum absolute atomic E-state index is 0.0290. The summed E-state index contributed by atoms with van der Waals surface area (Å²) < 4.78 is 11.4. The molecule has 2 heterocycles. The molecule has 6 rings (SSSR count). The summed E-state index contributed by atoms with van der Waals surface area (Å²) in [5.41, 5.74) is 1.15. The van der Waals surface area contributed by atoms with Crippen molar-refractivity contribution in [2.75, 3.05) is 0 Å². The number of para-hydroxylation sites is 2. The zero-order chi connectivity index (χ0) is 32.5. The number of hydrogen-bond acceptors (Lipinski definition) is 7. The lowest BCUT2D eigenvalue weighted by Gasteiger charge is -2.08. The summed E-state index contributed by atoms with van der Waals surface area (Å²) in [6.45, 7) is 0. The van der Waals surface area contributed by atoms with Crippen LogP contribution in [-0.4, -0.2) is 15.1 Å². The second kappa shape index (κ2) is 14.3. The third-order valence-electron chi connectivity index (χ3n) is 6.49. The van der Waals surface area contributed by atoms with Gasteiger partial charge in [0.15, 0.2) is 0 Å². The van der Waals surface area contributed by atoms with Crippen molar-refractivity contribution in [3.8, 4) is 63.4 Å². The average Bonchev–Trinajstić information content (AvgIpc) is 3.06. The fourth-order valence-electron chi connectivity index (χ4n) is 4.36. The van der Waals surface area contributed by atoms with Crippen LogP contribution in [-0.2, 0) is 0 Å². The van der Waals surface area contributed by atoms with Crippen molar-refractivity contribution < 1.29 is 14.6 Å². The van der Waals surface area contributed by atoms with Gasteiger partial charge < -0.3 is 24.5 Å². The van der Waals surface area contributed by atoms with E-state index in [-0.39, 0.29) is 27.7 Å². The lowest BCUT2D eigenvalue weighted by Crippen LogP contribution is -2.08. The molecule has 0 aliphatic rings. The van der Waals surface area contributed by atoms with E-state index in [0.29, 0.717) is 34.1 Å². The molecule has 46 heavy (non-hydrogen) atoms. The predicted octanol–water partition coefficient (Wildman–Crippen LogP) is 7.77. The van der Waals surface area contributed by atoms with Crippen LogP contribution in [0.5, 0.6) is 28.7 Å². The van der Waals surface area contributed by atoms with Gasteiger partial charge in [-0.05, 0) is 83.9 Å². The molecule has 0 saturated heterocycles. The Hall–Kier alpha value is -6.55. The first kappa shape index (κ1) is 30.9. The standard InChI is InChI=1S/C18H11ClN2O2.C18H12N2O3/c19-17-10-16(22)15(11-20)18(21-17)12-6-8-14(9-7-12)23-13-4-2-1-3-5-13;19-11-15-16(21)10-17(22)20-18(15)12-6-8-14(9-7-12)23-13-4-2-1-3-5-13/h1-10H,(H,21,22);1-10H,(H2,20,21,22). The predicted molar refractivity (Wildman–Crippen MR) is 174 cm³/mol. The molecule has 0 radical (unpaired) electrons. The number of nitrogens with zero attached hydrogens (tertiary/aromatic N) is 2. The molecule has 0 fully saturated rings. The van der Waals surface area contributed by atoms with Gasteiger partial charge >= 0.3 is 0 Å². The van der Waals surface area contributed by atoms with Crippen LogP contribution in [0.15, 0.2) is 131 Å². The van der Waals surface area contributed by atoms with Crippen LogP contribution < -0.4 is 20.5 Å². The zero-order valence-electron chi connectivity index (χ0n) is 23.9. The van der Waals surface area contributed by atoms with Crippen LogP contribution >= 0.6 is 11.6 Å². The molecule has 10 heteroatoms. The van der Waals surface area contributed by atoms with Crippen molar-refractivity contribution in [2.45, 2.75) is 0 Å². The molecule has 0 atom stereocenters. The Kier molecular flexibility index (Phi) is 9.59. The highest BCUT2D eigenvalue weighted by atomic mass is 35.5. The van der Waals surface area contributed by atoms with Crippen molar-refractivity contribution in [2.24, 2.45) is 0 Å². The monoisotopic (exact) mass is 626 g/mol. The lowest BCUT2D eigenvalue weighted by molar-refractivity contribution is 0.472. The summed E-state index contributed by atoms with van der Waals surface area (Å²) >= 11 is 5.88. The number of hydrogen-bond donors (Lipinski definition) is 3. The van der Waals surface area contributed by atoms with Gasteiger partial charge in [-0.2, -0.15) is 10.5 Å². The van der Waals surface area contributed by atoms with E-state index in [1.807, 2.05) is 72.8 Å². The molecular formula is C36H23ClN4O5. The van der Waals surface area contributed by atoms with Gasteiger partial charge in [0.25, 0.3) is 5.56 Å². The highest BCUT2D eigenvalue weighted by Gasteiger charge is 2.13. The first-order valence-corrected chi connectivity index (χ1v) is 14.1. The lowest BCUT2D eigenvalue weighted by atomic mass is 10.1. The van der Waals surface area contributed by atoms with Crippen LogP contribution in [0.4, 0.5) is 0 Å². The third-order valence-corrected chi connectivity index (χ3v) is 6.69. The van der Waals surface area contributed by atoms with Crippen molar-refractivity contribution in [3.05, 3.63) is 158 Å². The Bertz CT molecular complexity index is 2080. The summed E-state index contributed by atoms with van der Waals surface area (Å²) in [6, 6.07) is 38.7. The number of aromatic amines is 2. The van der Waals surface area contributed by atoms with Crippen LogP contribution in [0.1, 0.15) is 11.1 Å². The van der Waals surface area contributed by atoms with Gasteiger partial charge in [0, 0.05) is 12.1 Å². The maximum atomic E-state index is 11.8. The number of rotatable bonds is 6.